The molecule has 0 saturated heterocycles. The third kappa shape index (κ3) is 5.24. The number of benzene rings is 2. The number of aliphatic hydroxyl groups is 1. The van der Waals surface area contributed by atoms with Gasteiger partial charge in [0.1, 0.15) is 5.75 Å². The molecule has 0 bridgehead atoms. The van der Waals surface area contributed by atoms with Crippen LogP contribution in [0, 0.1) is 5.92 Å². The first kappa shape index (κ1) is 15.6. The van der Waals surface area contributed by atoms with E-state index in [2.05, 4.69) is 36.4 Å². The monoisotopic (exact) mass is 284 g/mol. The fourth-order valence-electron chi connectivity index (χ4n) is 2.59. The minimum Gasteiger partial charge on any atom is -0.497 e. The highest BCUT2D eigenvalue weighted by molar-refractivity contribution is 5.27. The van der Waals surface area contributed by atoms with Gasteiger partial charge in [0.25, 0.3) is 0 Å². The molecule has 0 aliphatic heterocycles. The lowest BCUT2D eigenvalue weighted by Gasteiger charge is -2.14. The molecule has 112 valence electrons. The fourth-order valence-corrected chi connectivity index (χ4v) is 2.59. The molecule has 1 N–H and O–H groups in total. The van der Waals surface area contributed by atoms with E-state index in [0.29, 0.717) is 5.92 Å². The fraction of sp³-hybridized carbons (Fsp3) is 0.368. The van der Waals surface area contributed by atoms with Crippen molar-refractivity contribution in [2.75, 3.05) is 13.7 Å². The molecule has 0 amide bonds. The predicted molar refractivity (Wildman–Crippen MR) is 86.7 cm³/mol. The van der Waals surface area contributed by atoms with Gasteiger partial charge < -0.3 is 9.84 Å². The van der Waals surface area contributed by atoms with Crippen LogP contribution in [-0.2, 0) is 12.8 Å². The molecule has 21 heavy (non-hydrogen) atoms. The number of ether oxygens (including phenoxy) is 1. The molecule has 2 heteroatoms. The van der Waals surface area contributed by atoms with E-state index >= 15 is 0 Å². The van der Waals surface area contributed by atoms with Crippen molar-refractivity contribution in [3.8, 4) is 5.75 Å². The van der Waals surface area contributed by atoms with Crippen molar-refractivity contribution < 1.29 is 9.84 Å². The molecule has 0 aliphatic rings. The lowest BCUT2D eigenvalue weighted by molar-refractivity contribution is 0.216. The van der Waals surface area contributed by atoms with Gasteiger partial charge in [0.05, 0.1) is 7.11 Å². The maximum atomic E-state index is 9.56. The highest BCUT2D eigenvalue weighted by atomic mass is 16.5. The molecule has 0 fully saturated rings. The molecule has 1 unspecified atom stereocenters. The van der Waals surface area contributed by atoms with Crippen molar-refractivity contribution in [1.82, 2.24) is 0 Å². The van der Waals surface area contributed by atoms with E-state index in [1.807, 2.05) is 18.2 Å². The molecule has 0 aromatic heterocycles. The zero-order chi connectivity index (χ0) is 14.9. The SMILES string of the molecule is COc1ccc(CC(CO)CCCc2ccccc2)cc1. The van der Waals surface area contributed by atoms with Crippen molar-refractivity contribution in [3.63, 3.8) is 0 Å². The summed E-state index contributed by atoms with van der Waals surface area (Å²) in [5, 5.41) is 9.56. The highest BCUT2D eigenvalue weighted by Crippen LogP contribution is 2.18. The average molecular weight is 284 g/mol. The van der Waals surface area contributed by atoms with Crippen molar-refractivity contribution in [2.45, 2.75) is 25.7 Å². The third-order valence-electron chi connectivity index (χ3n) is 3.86. The number of rotatable bonds is 8. The van der Waals surface area contributed by atoms with Gasteiger partial charge in [-0.2, -0.15) is 0 Å². The number of hydrogen-bond donors (Lipinski definition) is 1. The van der Waals surface area contributed by atoms with Crippen LogP contribution in [-0.4, -0.2) is 18.8 Å². The van der Waals surface area contributed by atoms with Gasteiger partial charge in [0.15, 0.2) is 0 Å². The summed E-state index contributed by atoms with van der Waals surface area (Å²) in [5.41, 5.74) is 2.63. The Labute approximate surface area is 127 Å². The van der Waals surface area contributed by atoms with Gasteiger partial charge in [0, 0.05) is 6.61 Å². The van der Waals surface area contributed by atoms with Gasteiger partial charge in [-0.3, -0.25) is 0 Å². The van der Waals surface area contributed by atoms with Crippen LogP contribution < -0.4 is 4.74 Å². The maximum absolute atomic E-state index is 9.56. The zero-order valence-corrected chi connectivity index (χ0v) is 12.7. The summed E-state index contributed by atoms with van der Waals surface area (Å²) in [6, 6.07) is 18.7. The van der Waals surface area contributed by atoms with Gasteiger partial charge in [-0.05, 0) is 54.9 Å². The molecule has 2 aromatic rings. The Kier molecular flexibility index (Phi) is 6.29. The zero-order valence-electron chi connectivity index (χ0n) is 12.7. The van der Waals surface area contributed by atoms with E-state index in [-0.39, 0.29) is 6.61 Å². The molecule has 0 heterocycles. The first-order valence-electron chi connectivity index (χ1n) is 7.59. The van der Waals surface area contributed by atoms with E-state index in [1.165, 1.54) is 11.1 Å². The summed E-state index contributed by atoms with van der Waals surface area (Å²) in [7, 11) is 1.68. The third-order valence-corrected chi connectivity index (χ3v) is 3.86. The Morgan fingerprint density at radius 1 is 0.952 bits per heavy atom. The Morgan fingerprint density at radius 3 is 2.29 bits per heavy atom. The highest BCUT2D eigenvalue weighted by Gasteiger charge is 2.09. The molecule has 0 aliphatic carbocycles. The predicted octanol–water partition coefficient (Wildman–Crippen LogP) is 3.87. The van der Waals surface area contributed by atoms with Crippen molar-refractivity contribution in [2.24, 2.45) is 5.92 Å². The Hall–Kier alpha value is -1.80. The lowest BCUT2D eigenvalue weighted by atomic mass is 9.94. The number of hydrogen-bond acceptors (Lipinski definition) is 2. The summed E-state index contributed by atoms with van der Waals surface area (Å²) in [5.74, 6) is 1.21. The topological polar surface area (TPSA) is 29.5 Å². The molecular weight excluding hydrogens is 260 g/mol. The van der Waals surface area contributed by atoms with Crippen molar-refractivity contribution in [1.29, 1.82) is 0 Å². The second-order valence-corrected chi connectivity index (χ2v) is 5.48. The normalized spacial score (nSPS) is 12.1. The molecule has 2 aromatic carbocycles. The van der Waals surface area contributed by atoms with Gasteiger partial charge in [-0.15, -0.1) is 0 Å². The summed E-state index contributed by atoms with van der Waals surface area (Å²) < 4.78 is 5.16. The summed E-state index contributed by atoms with van der Waals surface area (Å²) >= 11 is 0. The standard InChI is InChI=1S/C19H24O2/c1-21-19-12-10-17(11-13-19)14-18(15-20)9-5-8-16-6-3-2-4-7-16/h2-4,6-7,10-13,18,20H,5,8-9,14-15H2,1H3. The van der Waals surface area contributed by atoms with Crippen LogP contribution in [0.3, 0.4) is 0 Å². The van der Waals surface area contributed by atoms with E-state index in [4.69, 9.17) is 4.74 Å². The first-order chi connectivity index (χ1) is 10.3. The summed E-state index contributed by atoms with van der Waals surface area (Å²) in [6.45, 7) is 0.251. The van der Waals surface area contributed by atoms with E-state index in [9.17, 15) is 5.11 Å². The molecule has 0 saturated carbocycles. The van der Waals surface area contributed by atoms with Crippen LogP contribution in [0.5, 0.6) is 5.75 Å². The molecule has 2 rings (SSSR count). The molecule has 0 radical (unpaired) electrons. The van der Waals surface area contributed by atoms with Crippen LogP contribution in [0.15, 0.2) is 54.6 Å². The van der Waals surface area contributed by atoms with Crippen LogP contribution in [0.2, 0.25) is 0 Å². The lowest BCUT2D eigenvalue weighted by Crippen LogP contribution is -2.10. The quantitative estimate of drug-likeness (QED) is 0.797. The maximum Gasteiger partial charge on any atom is 0.118 e. The van der Waals surface area contributed by atoms with Crippen LogP contribution in [0.25, 0.3) is 0 Å². The minimum atomic E-state index is 0.251. The first-order valence-corrected chi connectivity index (χ1v) is 7.59. The van der Waals surface area contributed by atoms with E-state index < -0.39 is 0 Å². The van der Waals surface area contributed by atoms with Gasteiger partial charge in [-0.25, -0.2) is 0 Å². The van der Waals surface area contributed by atoms with Crippen molar-refractivity contribution in [3.05, 3.63) is 65.7 Å². The number of methoxy groups -OCH3 is 1. The average Bonchev–Trinajstić information content (AvgIpc) is 2.55. The number of aliphatic hydroxyl groups excluding tert-OH is 1. The van der Waals surface area contributed by atoms with Crippen molar-refractivity contribution >= 4 is 0 Å². The largest absolute Gasteiger partial charge is 0.497 e. The van der Waals surface area contributed by atoms with Crippen LogP contribution in [0.4, 0.5) is 0 Å². The second kappa shape index (κ2) is 8.48. The summed E-state index contributed by atoms with van der Waals surface area (Å²) in [4.78, 5) is 0. The molecule has 0 spiro atoms. The molecular formula is C19H24O2. The smallest absolute Gasteiger partial charge is 0.118 e. The number of aryl methyl sites for hydroxylation is 1. The van der Waals surface area contributed by atoms with Gasteiger partial charge in [0.2, 0.25) is 0 Å². The minimum absolute atomic E-state index is 0.251. The van der Waals surface area contributed by atoms with Crippen LogP contribution >= 0.6 is 0 Å². The van der Waals surface area contributed by atoms with Gasteiger partial charge >= 0.3 is 0 Å². The Balaban J connectivity index is 1.79. The Morgan fingerprint density at radius 2 is 1.67 bits per heavy atom. The summed E-state index contributed by atoms with van der Waals surface area (Å²) in [6.07, 6.45) is 4.18. The van der Waals surface area contributed by atoms with E-state index in [1.54, 1.807) is 7.11 Å². The molecule has 2 nitrogen and oxygen atoms in total. The second-order valence-electron chi connectivity index (χ2n) is 5.48. The molecule has 1 atom stereocenters. The van der Waals surface area contributed by atoms with E-state index in [0.717, 1.165) is 31.4 Å². The Bertz CT molecular complexity index is 505. The van der Waals surface area contributed by atoms with Crippen LogP contribution in [0.1, 0.15) is 24.0 Å². The van der Waals surface area contributed by atoms with Gasteiger partial charge in [-0.1, -0.05) is 42.5 Å².